The van der Waals surface area contributed by atoms with E-state index in [9.17, 15) is 38.4 Å². The number of nitrogens with zero attached hydrogens (tertiary/aromatic N) is 4. The number of imide groups is 1. The number of hydrogen-bond acceptors (Lipinski definition) is 12. The lowest BCUT2D eigenvalue weighted by atomic mass is 9.58. The van der Waals surface area contributed by atoms with Crippen molar-refractivity contribution < 1.29 is 38.1 Å². The number of aryl methyl sites for hydroxylation is 1. The minimum Gasteiger partial charge on any atom is -0.494 e. The number of benzene rings is 4. The zero-order valence-electron chi connectivity index (χ0n) is 44.5. The summed E-state index contributed by atoms with van der Waals surface area (Å²) in [4.78, 5) is 115. The van der Waals surface area contributed by atoms with Crippen LogP contribution in [-0.2, 0) is 35.6 Å². The summed E-state index contributed by atoms with van der Waals surface area (Å²) in [5.74, 6) is -4.66. The summed E-state index contributed by atoms with van der Waals surface area (Å²) in [6, 6.07) is 22.0. The SMILES string of the molecule is CCCCCCOC1CCC(c2ccc(OCCCCOC(=O)c3cc(N4C(=O)C5C(C4=O)C4C5C(=O)N(c5cccc(C)c5)C4OCCCCCC)cc(-n4c(=O)c5cc6c(=O)n(C)c(=O)c6cc5c4=O)c3)cc2)CC1. The van der Waals surface area contributed by atoms with Gasteiger partial charge in [0.2, 0.25) is 17.7 Å². The molecule has 3 amide bonds. The molecule has 0 bridgehead atoms. The third-order valence-electron chi connectivity index (χ3n) is 16.5. The zero-order valence-corrected chi connectivity index (χ0v) is 44.5. The number of rotatable bonds is 23. The Hall–Kier alpha value is -7.04. The summed E-state index contributed by atoms with van der Waals surface area (Å²) < 4.78 is 26.1. The van der Waals surface area contributed by atoms with Crippen LogP contribution >= 0.6 is 0 Å². The molecule has 5 unspecified atom stereocenters. The van der Waals surface area contributed by atoms with Gasteiger partial charge in [-0.3, -0.25) is 43.0 Å². The summed E-state index contributed by atoms with van der Waals surface area (Å²) in [5.41, 5.74) is -0.517. The van der Waals surface area contributed by atoms with Crippen LogP contribution in [0.3, 0.4) is 0 Å². The third-order valence-corrected chi connectivity index (χ3v) is 16.5. The highest BCUT2D eigenvalue weighted by molar-refractivity contribution is 6.25. The molecule has 2 saturated carbocycles. The van der Waals surface area contributed by atoms with E-state index in [1.54, 1.807) is 4.90 Å². The van der Waals surface area contributed by atoms with Crippen LogP contribution in [0.2, 0.25) is 0 Å². The fourth-order valence-electron chi connectivity index (χ4n) is 12.3. The van der Waals surface area contributed by atoms with E-state index < -0.39 is 69.9 Å². The van der Waals surface area contributed by atoms with Crippen molar-refractivity contribution in [3.63, 3.8) is 0 Å². The number of fused-ring (bicyclic) bond motifs is 6. The maximum atomic E-state index is 14.8. The zero-order chi connectivity index (χ0) is 54.1. The number of ether oxygens (including phenoxy) is 4. The number of carbonyl (C=O) groups excluding carboxylic acids is 4. The van der Waals surface area contributed by atoms with Gasteiger partial charge in [-0.15, -0.1) is 0 Å². The van der Waals surface area contributed by atoms with Gasteiger partial charge in [0, 0.05) is 31.9 Å². The van der Waals surface area contributed by atoms with Crippen LogP contribution in [0.15, 0.2) is 98.0 Å². The first-order chi connectivity index (χ1) is 37.3. The number of unbranched alkanes of at least 4 members (excludes halogenated alkanes) is 7. The minimum absolute atomic E-state index is 0.0185. The predicted octanol–water partition coefficient (Wildman–Crippen LogP) is 8.71. The average Bonchev–Trinajstić information content (AvgIpc) is 4.21. The van der Waals surface area contributed by atoms with Crippen LogP contribution in [0.4, 0.5) is 11.4 Å². The van der Waals surface area contributed by atoms with Gasteiger partial charge < -0.3 is 18.9 Å². The number of hydrogen-bond donors (Lipinski definition) is 0. The molecular formula is C61H68N4O12. The van der Waals surface area contributed by atoms with Crippen LogP contribution in [0.1, 0.15) is 131 Å². The van der Waals surface area contributed by atoms with E-state index in [0.717, 1.165) is 89.7 Å². The Morgan fingerprint density at radius 3 is 1.79 bits per heavy atom. The fraction of sp³-hybridized carbons (Fsp3) is 0.475. The Bertz CT molecular complexity index is 3340. The number of esters is 1. The van der Waals surface area contributed by atoms with Crippen LogP contribution in [0.25, 0.3) is 27.2 Å². The molecule has 4 aromatic carbocycles. The number of amides is 3. The molecule has 0 spiro atoms. The molecule has 0 radical (unpaired) electrons. The quantitative estimate of drug-likeness (QED) is 0.0338. The van der Waals surface area contributed by atoms with E-state index in [1.807, 2.05) is 43.3 Å². The van der Waals surface area contributed by atoms with Crippen molar-refractivity contribution in [2.45, 2.75) is 129 Å². The molecule has 16 nitrogen and oxygen atoms in total. The van der Waals surface area contributed by atoms with Crippen molar-refractivity contribution in [1.82, 2.24) is 9.13 Å². The second-order valence-electron chi connectivity index (χ2n) is 21.5. The standard InChI is InChI=1S/C61H68N4O12/c1-5-7-9-11-26-74-43-22-18-37(19-23-43)38-20-24-44(25-21-38)75-27-13-14-29-77-61(73)39-31-41(63-55(68)47-34-45-46(35-48(47)56(63)69)54(67)62(4)53(45)66)33-42(32-39)64-57(70)49-50(58(64)71)52-51(49)59(72)65(40-17-15-16-36(3)30-40)60(52)76-28-12-10-8-6-2/h15-17,20-21,24-25,30-35,37,43,49-52,60H,5-14,18-19,22-23,26-29H2,1-4H3. The molecule has 77 heavy (non-hydrogen) atoms. The van der Waals surface area contributed by atoms with Gasteiger partial charge in [0.05, 0.1) is 75.6 Å². The highest BCUT2D eigenvalue weighted by atomic mass is 16.5. The van der Waals surface area contributed by atoms with Crippen molar-refractivity contribution >= 4 is 56.6 Å². The molecule has 4 heterocycles. The molecule has 2 aliphatic heterocycles. The van der Waals surface area contributed by atoms with E-state index >= 15 is 0 Å². The first-order valence-corrected chi connectivity index (χ1v) is 27.8. The van der Waals surface area contributed by atoms with E-state index in [4.69, 9.17) is 18.9 Å². The Morgan fingerprint density at radius 2 is 1.14 bits per heavy atom. The summed E-state index contributed by atoms with van der Waals surface area (Å²) >= 11 is 0. The van der Waals surface area contributed by atoms with Gasteiger partial charge >= 0.3 is 5.97 Å². The Labute approximate surface area is 446 Å². The second kappa shape index (κ2) is 22.9. The summed E-state index contributed by atoms with van der Waals surface area (Å²) in [5, 5.41) is -0.330. The van der Waals surface area contributed by atoms with Gasteiger partial charge in [-0.2, -0.15) is 0 Å². The van der Waals surface area contributed by atoms with Gasteiger partial charge in [0.15, 0.2) is 0 Å². The monoisotopic (exact) mass is 1050 g/mol. The lowest BCUT2D eigenvalue weighted by Crippen LogP contribution is -2.51. The lowest BCUT2D eigenvalue weighted by molar-refractivity contribution is -0.147. The van der Waals surface area contributed by atoms with E-state index in [2.05, 4.69) is 26.0 Å². The van der Waals surface area contributed by atoms with Crippen LogP contribution in [0.5, 0.6) is 5.75 Å². The molecule has 16 heteroatoms. The first-order valence-electron chi connectivity index (χ1n) is 27.8. The molecule has 4 aliphatic rings. The number of anilines is 2. The van der Waals surface area contributed by atoms with Crippen LogP contribution in [0, 0.1) is 30.6 Å². The van der Waals surface area contributed by atoms with Crippen molar-refractivity contribution in [2.75, 3.05) is 36.2 Å². The van der Waals surface area contributed by atoms with Gasteiger partial charge in [-0.05, 0) is 130 Å². The van der Waals surface area contributed by atoms with Gasteiger partial charge in [-0.25, -0.2) is 14.3 Å². The Morgan fingerprint density at radius 1 is 0.558 bits per heavy atom. The predicted molar refractivity (Wildman–Crippen MR) is 293 cm³/mol. The maximum absolute atomic E-state index is 14.8. The van der Waals surface area contributed by atoms with Crippen LogP contribution < -0.4 is 36.8 Å². The van der Waals surface area contributed by atoms with Gasteiger partial charge in [0.1, 0.15) is 12.0 Å². The topological polar surface area (TPSA) is 190 Å². The van der Waals surface area contributed by atoms with Gasteiger partial charge in [-0.1, -0.05) is 76.6 Å². The van der Waals surface area contributed by atoms with E-state index in [1.165, 1.54) is 62.2 Å². The third kappa shape index (κ3) is 10.2. The lowest BCUT2D eigenvalue weighted by Gasteiger charge is -2.40. The second-order valence-corrected chi connectivity index (χ2v) is 21.5. The van der Waals surface area contributed by atoms with Crippen molar-refractivity contribution in [1.29, 1.82) is 0 Å². The number of carbonyl (C=O) groups is 4. The van der Waals surface area contributed by atoms with Crippen molar-refractivity contribution in [3.8, 4) is 11.4 Å². The highest BCUT2D eigenvalue weighted by Gasteiger charge is 2.73. The minimum atomic E-state index is -1.02. The van der Waals surface area contributed by atoms with E-state index in [-0.39, 0.29) is 51.0 Å². The van der Waals surface area contributed by atoms with Crippen LogP contribution in [-0.4, -0.2) is 71.6 Å². The molecule has 2 saturated heterocycles. The molecule has 0 N–H and O–H groups in total. The summed E-state index contributed by atoms with van der Waals surface area (Å²) in [6.07, 6.45) is 13.4. The molecule has 2 aliphatic carbocycles. The smallest absolute Gasteiger partial charge is 0.338 e. The molecule has 2 aromatic heterocycles. The normalized spacial score (nSPS) is 22.0. The van der Waals surface area contributed by atoms with Crippen molar-refractivity contribution in [2.24, 2.45) is 30.7 Å². The van der Waals surface area contributed by atoms with Crippen molar-refractivity contribution in [3.05, 3.63) is 137 Å². The highest BCUT2D eigenvalue weighted by Crippen LogP contribution is 2.60. The Balaban J connectivity index is 0.857. The molecule has 6 aromatic rings. The molecule has 10 rings (SSSR count). The summed E-state index contributed by atoms with van der Waals surface area (Å²) in [7, 11) is 1.31. The molecule has 404 valence electrons. The first kappa shape index (κ1) is 53.4. The van der Waals surface area contributed by atoms with Gasteiger partial charge in [0.25, 0.3) is 22.2 Å². The fourth-order valence-corrected chi connectivity index (χ4v) is 12.3. The number of aromatic nitrogens is 2. The van der Waals surface area contributed by atoms with E-state index in [0.29, 0.717) is 43.8 Å². The maximum Gasteiger partial charge on any atom is 0.338 e. The molecular weight excluding hydrogens is 981 g/mol. The average molecular weight is 1050 g/mol. The molecule has 4 fully saturated rings. The Kier molecular flexibility index (Phi) is 15.9. The molecule has 5 atom stereocenters. The largest absolute Gasteiger partial charge is 0.494 e. The summed E-state index contributed by atoms with van der Waals surface area (Å²) in [6.45, 7) is 7.79.